The van der Waals surface area contributed by atoms with Crippen molar-refractivity contribution in [3.8, 4) is 0 Å². The number of carbonyl (C=O) groups is 2. The Balaban J connectivity index is 5.20. The van der Waals surface area contributed by atoms with Gasteiger partial charge in [-0.3, -0.25) is 14.1 Å². The van der Waals surface area contributed by atoms with Gasteiger partial charge in [-0.25, -0.2) is 0 Å². The van der Waals surface area contributed by atoms with Gasteiger partial charge in [0, 0.05) is 12.8 Å². The highest BCUT2D eigenvalue weighted by atomic mass is 32.2. The normalized spacial score (nSPS) is 14.9. The molecular weight excluding hydrogens is 464 g/mol. The number of ether oxygens (including phenoxy) is 2. The van der Waals surface area contributed by atoms with Crippen molar-refractivity contribution in [2.24, 2.45) is 0 Å². The van der Waals surface area contributed by atoms with Gasteiger partial charge in [0.1, 0.15) is 0 Å². The molecule has 0 heterocycles. The third kappa shape index (κ3) is 7.21. The lowest BCUT2D eigenvalue weighted by atomic mass is 10.1. The van der Waals surface area contributed by atoms with Crippen LogP contribution in [0.5, 0.6) is 0 Å². The smallest absolute Gasteiger partial charge is 0.343 e. The van der Waals surface area contributed by atoms with Crippen LogP contribution >= 0.6 is 0 Å². The van der Waals surface area contributed by atoms with Gasteiger partial charge in [0.15, 0.2) is 18.5 Å². The number of alkyl halides is 8. The van der Waals surface area contributed by atoms with Crippen molar-refractivity contribution in [1.82, 2.24) is 0 Å². The largest absolute Gasteiger partial charge is 0.459 e. The Morgan fingerprint density at radius 3 is 1.50 bits per heavy atom. The summed E-state index contributed by atoms with van der Waals surface area (Å²) >= 11 is 0. The SMILES string of the molecule is CCC(F)(F)C(F)(F)COC(=O)CC(C(=O)OCC(F)(F)C(F)(F)CC)S(=O)(=O)O. The van der Waals surface area contributed by atoms with Gasteiger partial charge in [-0.15, -0.1) is 0 Å². The molecular formula is C14H18F8O7S. The van der Waals surface area contributed by atoms with E-state index in [9.17, 15) is 53.1 Å². The van der Waals surface area contributed by atoms with Gasteiger partial charge in [-0.1, -0.05) is 13.8 Å². The average Bonchev–Trinajstić information content (AvgIpc) is 2.61. The lowest BCUT2D eigenvalue weighted by Gasteiger charge is -2.26. The molecule has 0 saturated carbocycles. The molecule has 0 aromatic rings. The Morgan fingerprint density at radius 1 is 0.800 bits per heavy atom. The van der Waals surface area contributed by atoms with E-state index in [0.717, 1.165) is 0 Å². The summed E-state index contributed by atoms with van der Waals surface area (Å²) in [5.41, 5.74) is 0. The van der Waals surface area contributed by atoms with Crippen LogP contribution < -0.4 is 0 Å². The van der Waals surface area contributed by atoms with E-state index in [0.29, 0.717) is 13.8 Å². The maximum atomic E-state index is 13.3. The molecule has 0 aromatic carbocycles. The Hall–Kier alpha value is -1.71. The first-order chi connectivity index (χ1) is 13.2. The number of carbonyl (C=O) groups excluding carboxylic acids is 2. The predicted octanol–water partition coefficient (Wildman–Crippen LogP) is 3.08. The van der Waals surface area contributed by atoms with E-state index >= 15 is 0 Å². The van der Waals surface area contributed by atoms with E-state index in [-0.39, 0.29) is 0 Å². The third-order valence-corrected chi connectivity index (χ3v) is 4.82. The standard InChI is InChI=1S/C14H18F8O7S/c1-3-11(15,16)13(19,20)6-28-9(23)5-8(30(25,26)27)10(24)29-7-14(21,22)12(17,18)4-2/h8H,3-7H2,1-2H3,(H,25,26,27). The van der Waals surface area contributed by atoms with Crippen LogP contribution in [0, 0.1) is 0 Å². The first-order valence-electron chi connectivity index (χ1n) is 8.04. The summed E-state index contributed by atoms with van der Waals surface area (Å²) < 4.78 is 144. The van der Waals surface area contributed by atoms with E-state index in [1.54, 1.807) is 0 Å². The van der Waals surface area contributed by atoms with E-state index in [1.165, 1.54) is 0 Å². The van der Waals surface area contributed by atoms with Crippen LogP contribution in [-0.2, 0) is 29.2 Å². The van der Waals surface area contributed by atoms with E-state index in [2.05, 4.69) is 9.47 Å². The van der Waals surface area contributed by atoms with Crippen molar-refractivity contribution >= 4 is 22.1 Å². The zero-order valence-corrected chi connectivity index (χ0v) is 16.3. The summed E-state index contributed by atoms with van der Waals surface area (Å²) in [6.45, 7) is -3.21. The van der Waals surface area contributed by atoms with Gasteiger partial charge in [0.25, 0.3) is 10.1 Å². The second-order valence-electron chi connectivity index (χ2n) is 6.00. The van der Waals surface area contributed by atoms with Gasteiger partial charge in [-0.2, -0.15) is 43.5 Å². The molecule has 7 nitrogen and oxygen atoms in total. The third-order valence-electron chi connectivity index (χ3n) is 3.74. The van der Waals surface area contributed by atoms with Crippen molar-refractivity contribution in [1.29, 1.82) is 0 Å². The van der Waals surface area contributed by atoms with Crippen LogP contribution in [0.1, 0.15) is 33.1 Å². The molecule has 0 radical (unpaired) electrons. The minimum atomic E-state index is -5.60. The van der Waals surface area contributed by atoms with E-state index < -0.39 is 83.5 Å². The van der Waals surface area contributed by atoms with Crippen molar-refractivity contribution in [2.75, 3.05) is 13.2 Å². The Morgan fingerprint density at radius 2 is 1.17 bits per heavy atom. The van der Waals surface area contributed by atoms with Crippen molar-refractivity contribution in [3.63, 3.8) is 0 Å². The quantitative estimate of drug-likeness (QED) is 0.259. The molecule has 1 unspecified atom stereocenters. The zero-order chi connectivity index (χ0) is 24.2. The Kier molecular flexibility index (Phi) is 9.07. The Labute approximate surface area is 165 Å². The molecule has 16 heteroatoms. The summed E-state index contributed by atoms with van der Waals surface area (Å²) in [7, 11) is -5.60. The second kappa shape index (κ2) is 9.62. The molecule has 30 heavy (non-hydrogen) atoms. The number of hydrogen-bond donors (Lipinski definition) is 1. The molecule has 1 N–H and O–H groups in total. The Bertz CT molecular complexity index is 724. The van der Waals surface area contributed by atoms with Crippen molar-refractivity contribution in [3.05, 3.63) is 0 Å². The number of esters is 2. The number of halogens is 8. The molecule has 178 valence electrons. The highest BCUT2D eigenvalue weighted by molar-refractivity contribution is 7.87. The molecule has 0 saturated heterocycles. The first-order valence-corrected chi connectivity index (χ1v) is 9.54. The summed E-state index contributed by atoms with van der Waals surface area (Å²) in [5.74, 6) is -23.4. The highest BCUT2D eigenvalue weighted by Crippen LogP contribution is 2.38. The molecule has 0 fully saturated rings. The van der Waals surface area contributed by atoms with Gasteiger partial charge in [-0.05, 0) is 0 Å². The van der Waals surface area contributed by atoms with Crippen molar-refractivity contribution < 1.29 is 67.2 Å². The minimum absolute atomic E-state index is 0.671. The molecule has 0 aliphatic heterocycles. The molecule has 0 aliphatic rings. The topological polar surface area (TPSA) is 107 Å². The molecule has 0 aromatic heterocycles. The minimum Gasteiger partial charge on any atom is -0.459 e. The van der Waals surface area contributed by atoms with Crippen LogP contribution in [0.3, 0.4) is 0 Å². The van der Waals surface area contributed by atoms with Gasteiger partial charge in [0.2, 0.25) is 0 Å². The maximum absolute atomic E-state index is 13.3. The first kappa shape index (κ1) is 28.3. The fourth-order valence-electron chi connectivity index (χ4n) is 1.67. The van der Waals surface area contributed by atoms with Crippen molar-refractivity contribution in [2.45, 2.75) is 62.0 Å². The van der Waals surface area contributed by atoms with E-state index in [1.807, 2.05) is 0 Å². The number of hydrogen-bond acceptors (Lipinski definition) is 6. The summed E-state index contributed by atoms with van der Waals surface area (Å²) in [6.07, 6.45) is -4.54. The zero-order valence-electron chi connectivity index (χ0n) is 15.4. The lowest BCUT2D eigenvalue weighted by Crippen LogP contribution is -2.46. The fourth-order valence-corrected chi connectivity index (χ4v) is 2.33. The van der Waals surface area contributed by atoms with Gasteiger partial charge in [0.05, 0.1) is 6.42 Å². The van der Waals surface area contributed by atoms with Crippen LogP contribution in [0.4, 0.5) is 35.1 Å². The fraction of sp³-hybridized carbons (Fsp3) is 0.857. The van der Waals surface area contributed by atoms with Crippen LogP contribution in [0.15, 0.2) is 0 Å². The summed E-state index contributed by atoms with van der Waals surface area (Å²) in [6, 6.07) is 0. The van der Waals surface area contributed by atoms with Gasteiger partial charge >= 0.3 is 35.6 Å². The van der Waals surface area contributed by atoms with E-state index in [4.69, 9.17) is 4.55 Å². The molecule has 1 atom stereocenters. The molecule has 0 aliphatic carbocycles. The van der Waals surface area contributed by atoms with Crippen LogP contribution in [0.2, 0.25) is 0 Å². The van der Waals surface area contributed by atoms with Gasteiger partial charge < -0.3 is 9.47 Å². The van der Waals surface area contributed by atoms with Crippen LogP contribution in [0.25, 0.3) is 0 Å². The summed E-state index contributed by atoms with van der Waals surface area (Å²) in [5, 5.41) is -3.02. The number of rotatable bonds is 12. The molecule has 0 bridgehead atoms. The maximum Gasteiger partial charge on any atom is 0.343 e. The second-order valence-corrected chi connectivity index (χ2v) is 7.60. The average molecular weight is 482 g/mol. The molecule has 0 amide bonds. The lowest BCUT2D eigenvalue weighted by molar-refractivity contribution is -0.233. The highest BCUT2D eigenvalue weighted by Gasteiger charge is 2.57. The monoisotopic (exact) mass is 482 g/mol. The van der Waals surface area contributed by atoms with Crippen LogP contribution in [-0.4, -0.2) is 67.1 Å². The molecule has 0 rings (SSSR count). The molecule has 0 spiro atoms. The summed E-state index contributed by atoms with van der Waals surface area (Å²) in [4.78, 5) is 23.0. The predicted molar refractivity (Wildman–Crippen MR) is 82.2 cm³/mol.